The van der Waals surface area contributed by atoms with E-state index in [2.05, 4.69) is 0 Å². The van der Waals surface area contributed by atoms with Gasteiger partial charge < -0.3 is 5.11 Å². The molecule has 1 N–H and O–H groups in total. The molecule has 0 bridgehead atoms. The molecule has 3 aromatic rings. The molecular weight excluding hydrogens is 284 g/mol. The van der Waals surface area contributed by atoms with E-state index in [1.54, 1.807) is 30.3 Å². The van der Waals surface area contributed by atoms with Crippen molar-refractivity contribution in [3.63, 3.8) is 0 Å². The first kappa shape index (κ1) is 13.5. The van der Waals surface area contributed by atoms with Crippen LogP contribution in [0.15, 0.2) is 76.5 Å². The van der Waals surface area contributed by atoms with Crippen LogP contribution >= 0.6 is 0 Å². The molecule has 0 aromatic heterocycles. The number of hydrogen-bond donors (Lipinski definition) is 1. The van der Waals surface area contributed by atoms with Crippen LogP contribution in [0.5, 0.6) is 0 Å². The van der Waals surface area contributed by atoms with E-state index in [-0.39, 0.29) is 5.56 Å². The number of carboxylic acids is 1. The molecule has 0 amide bonds. The molecule has 104 valence electrons. The summed E-state index contributed by atoms with van der Waals surface area (Å²) >= 11 is 0. The Bertz CT molecular complexity index is 836. The fourth-order valence-electron chi connectivity index (χ4n) is 2.31. The van der Waals surface area contributed by atoms with Crippen LogP contribution in [0.3, 0.4) is 0 Å². The molecular formula is C17H12O3S. The molecule has 0 fully saturated rings. The Hall–Kier alpha value is -2.46. The zero-order valence-corrected chi connectivity index (χ0v) is 11.8. The highest BCUT2D eigenvalue weighted by atomic mass is 32.2. The van der Waals surface area contributed by atoms with Crippen molar-refractivity contribution in [2.24, 2.45) is 0 Å². The van der Waals surface area contributed by atoms with Gasteiger partial charge in [0.25, 0.3) is 0 Å². The van der Waals surface area contributed by atoms with E-state index in [1.165, 1.54) is 6.07 Å². The van der Waals surface area contributed by atoms with E-state index in [0.29, 0.717) is 15.2 Å². The minimum absolute atomic E-state index is 0.174. The van der Waals surface area contributed by atoms with Gasteiger partial charge >= 0.3 is 5.97 Å². The quantitative estimate of drug-likeness (QED) is 0.801. The van der Waals surface area contributed by atoms with Gasteiger partial charge in [-0.2, -0.15) is 0 Å². The van der Waals surface area contributed by atoms with Gasteiger partial charge in [-0.25, -0.2) is 9.00 Å². The summed E-state index contributed by atoms with van der Waals surface area (Å²) in [6, 6.07) is 19.4. The molecule has 0 saturated heterocycles. The summed E-state index contributed by atoms with van der Waals surface area (Å²) in [6.07, 6.45) is 0. The number of fused-ring (bicyclic) bond motifs is 1. The van der Waals surface area contributed by atoms with Gasteiger partial charge in [-0.05, 0) is 29.7 Å². The van der Waals surface area contributed by atoms with E-state index in [4.69, 9.17) is 0 Å². The number of carboxylic acid groups (broad SMARTS) is 1. The van der Waals surface area contributed by atoms with E-state index in [0.717, 1.165) is 5.39 Å². The van der Waals surface area contributed by atoms with Crippen LogP contribution in [0.1, 0.15) is 10.4 Å². The van der Waals surface area contributed by atoms with Gasteiger partial charge in [-0.15, -0.1) is 0 Å². The van der Waals surface area contributed by atoms with Crippen LogP contribution in [0.2, 0.25) is 0 Å². The van der Waals surface area contributed by atoms with Crippen LogP contribution in [-0.2, 0) is 10.8 Å². The Balaban J connectivity index is 2.28. The zero-order valence-electron chi connectivity index (χ0n) is 11.0. The zero-order chi connectivity index (χ0) is 14.8. The Morgan fingerprint density at radius 2 is 1.52 bits per heavy atom. The van der Waals surface area contributed by atoms with E-state index >= 15 is 0 Å². The molecule has 0 spiro atoms. The van der Waals surface area contributed by atoms with Crippen molar-refractivity contribution in [2.45, 2.75) is 9.79 Å². The average molecular weight is 296 g/mol. The van der Waals surface area contributed by atoms with Gasteiger partial charge in [0.2, 0.25) is 0 Å². The topological polar surface area (TPSA) is 54.4 Å². The fraction of sp³-hybridized carbons (Fsp3) is 0. The van der Waals surface area contributed by atoms with Gasteiger partial charge in [0.05, 0.1) is 21.3 Å². The van der Waals surface area contributed by atoms with Gasteiger partial charge in [-0.1, -0.05) is 42.5 Å². The summed E-state index contributed by atoms with van der Waals surface area (Å²) in [4.78, 5) is 12.6. The van der Waals surface area contributed by atoms with Gasteiger partial charge in [0, 0.05) is 10.3 Å². The first-order valence-corrected chi connectivity index (χ1v) is 7.55. The van der Waals surface area contributed by atoms with Crippen molar-refractivity contribution in [2.75, 3.05) is 0 Å². The highest BCUT2D eigenvalue weighted by molar-refractivity contribution is 7.85. The number of rotatable bonds is 3. The number of hydrogen-bond acceptors (Lipinski definition) is 2. The molecule has 3 nitrogen and oxygen atoms in total. The minimum atomic E-state index is -1.41. The van der Waals surface area contributed by atoms with Crippen LogP contribution in [0.4, 0.5) is 0 Å². The summed E-state index contributed by atoms with van der Waals surface area (Å²) in [5.41, 5.74) is 0.174. The standard InChI is InChI=1S/C17H12O3S/c18-17(19)14-10-4-6-12-7-5-11-15(16(12)14)21(20)13-8-2-1-3-9-13/h1-11H,(H,18,19)/t21-/m1/s1. The predicted octanol–water partition coefficient (Wildman–Crippen LogP) is 3.70. The molecule has 0 aliphatic rings. The van der Waals surface area contributed by atoms with E-state index < -0.39 is 16.8 Å². The first-order chi connectivity index (χ1) is 10.2. The number of benzene rings is 3. The smallest absolute Gasteiger partial charge is 0.336 e. The molecule has 3 aromatic carbocycles. The molecule has 0 aliphatic carbocycles. The first-order valence-electron chi connectivity index (χ1n) is 6.40. The predicted molar refractivity (Wildman–Crippen MR) is 82.0 cm³/mol. The van der Waals surface area contributed by atoms with Crippen molar-refractivity contribution in [3.05, 3.63) is 72.3 Å². The third kappa shape index (κ3) is 2.45. The van der Waals surface area contributed by atoms with Crippen LogP contribution in [-0.4, -0.2) is 15.3 Å². The highest BCUT2D eigenvalue weighted by Gasteiger charge is 2.16. The maximum Gasteiger partial charge on any atom is 0.336 e. The van der Waals surface area contributed by atoms with E-state index in [9.17, 15) is 14.1 Å². The maximum atomic E-state index is 12.8. The van der Waals surface area contributed by atoms with Gasteiger partial charge in [0.1, 0.15) is 0 Å². The second-order valence-corrected chi connectivity index (χ2v) is 6.00. The SMILES string of the molecule is O=C(O)c1cccc2cccc([S@](=O)c3ccccc3)c12. The van der Waals surface area contributed by atoms with Crippen molar-refractivity contribution in [1.29, 1.82) is 0 Å². The largest absolute Gasteiger partial charge is 0.478 e. The fourth-order valence-corrected chi connectivity index (χ4v) is 3.58. The third-order valence-corrected chi connectivity index (χ3v) is 4.69. The summed E-state index contributed by atoms with van der Waals surface area (Å²) in [5, 5.41) is 10.7. The maximum absolute atomic E-state index is 12.8. The van der Waals surface area contributed by atoms with Gasteiger partial charge in [-0.3, -0.25) is 0 Å². The Morgan fingerprint density at radius 1 is 0.857 bits per heavy atom. The highest BCUT2D eigenvalue weighted by Crippen LogP contribution is 2.28. The monoisotopic (exact) mass is 296 g/mol. The third-order valence-electron chi connectivity index (χ3n) is 3.25. The molecule has 1 atom stereocenters. The summed E-state index contributed by atoms with van der Waals surface area (Å²) in [6.45, 7) is 0. The molecule has 0 aliphatic heterocycles. The Morgan fingerprint density at radius 3 is 2.19 bits per heavy atom. The lowest BCUT2D eigenvalue weighted by Crippen LogP contribution is -2.01. The number of carbonyl (C=O) groups is 1. The molecule has 3 rings (SSSR count). The Labute approximate surface area is 124 Å². The lowest BCUT2D eigenvalue weighted by atomic mass is 10.0. The van der Waals surface area contributed by atoms with Crippen molar-refractivity contribution < 1.29 is 14.1 Å². The van der Waals surface area contributed by atoms with Crippen molar-refractivity contribution >= 4 is 27.5 Å². The lowest BCUT2D eigenvalue weighted by Gasteiger charge is -2.09. The van der Waals surface area contributed by atoms with Crippen LogP contribution < -0.4 is 0 Å². The number of aromatic carboxylic acids is 1. The molecule has 4 heteroatoms. The average Bonchev–Trinajstić information content (AvgIpc) is 2.53. The second kappa shape index (κ2) is 5.50. The summed E-state index contributed by atoms with van der Waals surface area (Å²) < 4.78 is 12.8. The van der Waals surface area contributed by atoms with Crippen molar-refractivity contribution in [1.82, 2.24) is 0 Å². The Kier molecular flexibility index (Phi) is 3.54. The summed E-state index contributed by atoms with van der Waals surface area (Å²) in [7, 11) is -1.41. The molecule has 0 radical (unpaired) electrons. The molecule has 0 unspecified atom stereocenters. The second-order valence-electron chi connectivity index (χ2n) is 4.55. The van der Waals surface area contributed by atoms with Crippen molar-refractivity contribution in [3.8, 4) is 0 Å². The normalized spacial score (nSPS) is 12.2. The summed E-state index contributed by atoms with van der Waals surface area (Å²) in [5.74, 6) is -1.02. The van der Waals surface area contributed by atoms with Gasteiger partial charge in [0.15, 0.2) is 0 Å². The molecule has 0 saturated carbocycles. The minimum Gasteiger partial charge on any atom is -0.478 e. The lowest BCUT2D eigenvalue weighted by molar-refractivity contribution is 0.0699. The molecule has 0 heterocycles. The van der Waals surface area contributed by atoms with Crippen LogP contribution in [0, 0.1) is 0 Å². The van der Waals surface area contributed by atoms with Crippen LogP contribution in [0.25, 0.3) is 10.8 Å². The molecule has 21 heavy (non-hydrogen) atoms. The van der Waals surface area contributed by atoms with E-state index in [1.807, 2.05) is 30.3 Å².